The summed E-state index contributed by atoms with van der Waals surface area (Å²) in [6, 6.07) is 4.84. The molecule has 1 atom stereocenters. The maximum Gasteiger partial charge on any atom is 0.131 e. The molecule has 0 fully saturated rings. The van der Waals surface area contributed by atoms with Crippen molar-refractivity contribution in [1.29, 1.82) is 0 Å². The Hall–Kier alpha value is -1.13. The number of halogens is 1. The van der Waals surface area contributed by atoms with Gasteiger partial charge in [0.15, 0.2) is 0 Å². The SMILES string of the molecule is CC(O)c1c(F)cccc1N(C)CCCCCO. The average Bonchev–Trinajstić information content (AvgIpc) is 2.33. The Bertz CT molecular complexity index is 369. The van der Waals surface area contributed by atoms with E-state index in [1.807, 2.05) is 18.0 Å². The first-order valence-corrected chi connectivity index (χ1v) is 6.36. The van der Waals surface area contributed by atoms with Crippen LogP contribution in [-0.2, 0) is 0 Å². The molecule has 0 heterocycles. The third kappa shape index (κ3) is 3.96. The van der Waals surface area contributed by atoms with Crippen molar-refractivity contribution in [3.63, 3.8) is 0 Å². The minimum Gasteiger partial charge on any atom is -0.396 e. The van der Waals surface area contributed by atoms with E-state index in [-0.39, 0.29) is 12.4 Å². The Morgan fingerprint density at radius 2 is 2.00 bits per heavy atom. The molecule has 3 nitrogen and oxygen atoms in total. The summed E-state index contributed by atoms with van der Waals surface area (Å²) in [5.74, 6) is -0.371. The van der Waals surface area contributed by atoms with Crippen LogP contribution in [0.2, 0.25) is 0 Å². The number of benzene rings is 1. The van der Waals surface area contributed by atoms with Crippen molar-refractivity contribution in [2.45, 2.75) is 32.3 Å². The smallest absolute Gasteiger partial charge is 0.131 e. The molecule has 4 heteroatoms. The normalized spacial score (nSPS) is 12.5. The highest BCUT2D eigenvalue weighted by Gasteiger charge is 2.15. The molecule has 0 aromatic heterocycles. The molecular formula is C14H22FNO2. The fourth-order valence-corrected chi connectivity index (χ4v) is 2.03. The van der Waals surface area contributed by atoms with Crippen molar-refractivity contribution in [2.75, 3.05) is 25.1 Å². The number of unbranched alkanes of at least 4 members (excludes halogenated alkanes) is 2. The van der Waals surface area contributed by atoms with Crippen molar-refractivity contribution in [1.82, 2.24) is 0 Å². The van der Waals surface area contributed by atoms with Crippen LogP contribution < -0.4 is 4.90 Å². The van der Waals surface area contributed by atoms with Gasteiger partial charge in [-0.15, -0.1) is 0 Å². The van der Waals surface area contributed by atoms with Gasteiger partial charge < -0.3 is 15.1 Å². The van der Waals surface area contributed by atoms with Crippen molar-refractivity contribution in [3.8, 4) is 0 Å². The van der Waals surface area contributed by atoms with Gasteiger partial charge in [-0.1, -0.05) is 6.07 Å². The minimum atomic E-state index is -0.818. The molecule has 1 unspecified atom stereocenters. The van der Waals surface area contributed by atoms with Gasteiger partial charge in [0.25, 0.3) is 0 Å². The third-order valence-corrected chi connectivity index (χ3v) is 3.01. The van der Waals surface area contributed by atoms with Gasteiger partial charge in [0, 0.05) is 31.5 Å². The average molecular weight is 255 g/mol. The molecule has 0 aliphatic rings. The van der Waals surface area contributed by atoms with Crippen LogP contribution in [0, 0.1) is 5.82 Å². The summed E-state index contributed by atoms with van der Waals surface area (Å²) < 4.78 is 13.7. The second kappa shape index (κ2) is 7.34. The quantitative estimate of drug-likeness (QED) is 0.736. The fourth-order valence-electron chi connectivity index (χ4n) is 2.03. The van der Waals surface area contributed by atoms with Gasteiger partial charge in [0.05, 0.1) is 6.10 Å². The summed E-state index contributed by atoms with van der Waals surface area (Å²) in [5.41, 5.74) is 1.08. The zero-order valence-electron chi connectivity index (χ0n) is 11.1. The molecule has 0 radical (unpaired) electrons. The summed E-state index contributed by atoms with van der Waals surface area (Å²) in [7, 11) is 1.89. The molecule has 0 amide bonds. The highest BCUT2D eigenvalue weighted by atomic mass is 19.1. The van der Waals surface area contributed by atoms with Gasteiger partial charge in [-0.2, -0.15) is 0 Å². The monoisotopic (exact) mass is 255 g/mol. The molecule has 1 aromatic carbocycles. The van der Waals surface area contributed by atoms with Crippen LogP contribution in [0.3, 0.4) is 0 Å². The lowest BCUT2D eigenvalue weighted by atomic mass is 10.1. The Morgan fingerprint density at radius 3 is 2.61 bits per heavy atom. The first-order valence-electron chi connectivity index (χ1n) is 6.36. The van der Waals surface area contributed by atoms with Gasteiger partial charge >= 0.3 is 0 Å². The zero-order valence-corrected chi connectivity index (χ0v) is 11.1. The van der Waals surface area contributed by atoms with Crippen LogP contribution in [0.1, 0.15) is 37.9 Å². The van der Waals surface area contributed by atoms with Crippen molar-refractivity contribution >= 4 is 5.69 Å². The first-order chi connectivity index (χ1) is 8.57. The van der Waals surface area contributed by atoms with Gasteiger partial charge in [0.1, 0.15) is 5.82 Å². The Kier molecular flexibility index (Phi) is 6.09. The van der Waals surface area contributed by atoms with Crippen molar-refractivity contribution in [2.24, 2.45) is 0 Å². The van der Waals surface area contributed by atoms with Gasteiger partial charge in [-0.3, -0.25) is 0 Å². The van der Waals surface area contributed by atoms with E-state index >= 15 is 0 Å². The molecule has 0 bridgehead atoms. The molecular weight excluding hydrogens is 233 g/mol. The summed E-state index contributed by atoms with van der Waals surface area (Å²) in [6.45, 7) is 2.56. The number of aliphatic hydroxyl groups excluding tert-OH is 2. The van der Waals surface area contributed by atoms with E-state index in [2.05, 4.69) is 0 Å². The largest absolute Gasteiger partial charge is 0.396 e. The zero-order chi connectivity index (χ0) is 13.5. The third-order valence-electron chi connectivity index (χ3n) is 3.01. The van der Waals surface area contributed by atoms with Crippen LogP contribution in [0.5, 0.6) is 0 Å². The lowest BCUT2D eigenvalue weighted by molar-refractivity contribution is 0.194. The molecule has 18 heavy (non-hydrogen) atoms. The second-order valence-electron chi connectivity index (χ2n) is 4.55. The minimum absolute atomic E-state index is 0.211. The maximum absolute atomic E-state index is 13.7. The molecule has 0 saturated carbocycles. The number of hydrogen-bond donors (Lipinski definition) is 2. The molecule has 102 valence electrons. The van der Waals surface area contributed by atoms with Gasteiger partial charge in [-0.05, 0) is 38.3 Å². The molecule has 2 N–H and O–H groups in total. The van der Waals surface area contributed by atoms with Crippen molar-refractivity contribution < 1.29 is 14.6 Å². The van der Waals surface area contributed by atoms with Crippen LogP contribution in [0.4, 0.5) is 10.1 Å². The molecule has 0 saturated heterocycles. The van der Waals surface area contributed by atoms with E-state index in [0.717, 1.165) is 31.5 Å². The van der Waals surface area contributed by atoms with Gasteiger partial charge in [0.2, 0.25) is 0 Å². The Balaban J connectivity index is 2.72. The first kappa shape index (κ1) is 14.9. The molecule has 0 aliphatic heterocycles. The van der Waals surface area contributed by atoms with Crippen LogP contribution in [0.25, 0.3) is 0 Å². The van der Waals surface area contributed by atoms with Gasteiger partial charge in [-0.25, -0.2) is 4.39 Å². The predicted octanol–water partition coefficient (Wildman–Crippen LogP) is 2.48. The topological polar surface area (TPSA) is 43.7 Å². The number of anilines is 1. The molecule has 0 aliphatic carbocycles. The summed E-state index contributed by atoms with van der Waals surface area (Å²) >= 11 is 0. The highest BCUT2D eigenvalue weighted by molar-refractivity contribution is 5.54. The van der Waals surface area contributed by atoms with Crippen molar-refractivity contribution in [3.05, 3.63) is 29.6 Å². The van der Waals surface area contributed by atoms with E-state index in [4.69, 9.17) is 5.11 Å². The predicted molar refractivity (Wildman–Crippen MR) is 71.2 cm³/mol. The van der Waals surface area contributed by atoms with E-state index in [0.29, 0.717) is 5.56 Å². The summed E-state index contributed by atoms with van der Waals surface area (Å²) in [6.07, 6.45) is 1.86. The lowest BCUT2D eigenvalue weighted by Crippen LogP contribution is -2.21. The van der Waals surface area contributed by atoms with Crippen LogP contribution in [-0.4, -0.2) is 30.4 Å². The number of nitrogens with zero attached hydrogens (tertiary/aromatic N) is 1. The standard InChI is InChI=1S/C14H22FNO2/c1-11(18)14-12(15)7-6-8-13(14)16(2)9-4-3-5-10-17/h6-8,11,17-18H,3-5,9-10H2,1-2H3. The van der Waals surface area contributed by atoms with E-state index < -0.39 is 6.10 Å². The number of aliphatic hydroxyl groups is 2. The lowest BCUT2D eigenvalue weighted by Gasteiger charge is -2.24. The number of hydrogen-bond acceptors (Lipinski definition) is 3. The molecule has 1 aromatic rings. The Labute approximate surface area is 108 Å². The van der Waals surface area contributed by atoms with E-state index in [9.17, 15) is 9.50 Å². The van der Waals surface area contributed by atoms with E-state index in [1.54, 1.807) is 13.0 Å². The van der Waals surface area contributed by atoms with Crippen LogP contribution in [0.15, 0.2) is 18.2 Å². The van der Waals surface area contributed by atoms with Crippen LogP contribution >= 0.6 is 0 Å². The number of rotatable bonds is 7. The summed E-state index contributed by atoms with van der Waals surface area (Å²) in [4.78, 5) is 1.95. The Morgan fingerprint density at radius 1 is 1.28 bits per heavy atom. The highest BCUT2D eigenvalue weighted by Crippen LogP contribution is 2.28. The second-order valence-corrected chi connectivity index (χ2v) is 4.55. The maximum atomic E-state index is 13.7. The fraction of sp³-hybridized carbons (Fsp3) is 0.571. The molecule has 1 rings (SSSR count). The summed E-state index contributed by atoms with van der Waals surface area (Å²) in [5, 5.41) is 18.3. The molecule has 0 spiro atoms. The van der Waals surface area contributed by atoms with E-state index in [1.165, 1.54) is 6.07 Å².